The van der Waals surface area contributed by atoms with E-state index in [1.54, 1.807) is 18.2 Å². The molecule has 0 saturated carbocycles. The number of halogens is 2. The Balaban J connectivity index is 2.54. The van der Waals surface area contributed by atoms with Gasteiger partial charge in [0.2, 0.25) is 0 Å². The average Bonchev–Trinajstić information content (AvgIpc) is 2.29. The van der Waals surface area contributed by atoms with Crippen molar-refractivity contribution in [3.05, 3.63) is 59.7 Å². The lowest BCUT2D eigenvalue weighted by Crippen LogP contribution is -1.86. The molecule has 0 spiro atoms. The van der Waals surface area contributed by atoms with Gasteiger partial charge in [-0.1, -0.05) is 18.2 Å². The number of rotatable bonds is 1. The van der Waals surface area contributed by atoms with Crippen LogP contribution in [-0.2, 0) is 0 Å². The third-order valence-corrected chi connectivity index (χ3v) is 2.24. The summed E-state index contributed by atoms with van der Waals surface area (Å²) >= 11 is 0. The van der Waals surface area contributed by atoms with Crippen molar-refractivity contribution < 1.29 is 8.78 Å². The molecule has 0 unspecified atom stereocenters. The van der Waals surface area contributed by atoms with Crippen LogP contribution in [0.3, 0.4) is 0 Å². The fourth-order valence-corrected chi connectivity index (χ4v) is 1.46. The Morgan fingerprint density at radius 1 is 0.938 bits per heavy atom. The summed E-state index contributed by atoms with van der Waals surface area (Å²) in [6, 6.07) is 11.8. The van der Waals surface area contributed by atoms with Gasteiger partial charge in [0.1, 0.15) is 17.7 Å². The minimum absolute atomic E-state index is 0.0400. The Labute approximate surface area is 91.6 Å². The van der Waals surface area contributed by atoms with Crippen LogP contribution >= 0.6 is 0 Å². The van der Waals surface area contributed by atoms with Gasteiger partial charge in [-0.05, 0) is 35.4 Å². The standard InChI is InChI=1S/C13H7F2N/c14-12-3-1-2-9(7-12)10-4-5-13(15)11(6-10)8-16/h1-7H. The lowest BCUT2D eigenvalue weighted by Gasteiger charge is -2.02. The monoisotopic (exact) mass is 215 g/mol. The van der Waals surface area contributed by atoms with Crippen molar-refractivity contribution in [2.75, 3.05) is 0 Å². The van der Waals surface area contributed by atoms with E-state index in [1.165, 1.54) is 30.3 Å². The quantitative estimate of drug-likeness (QED) is 0.714. The van der Waals surface area contributed by atoms with Gasteiger partial charge in [-0.2, -0.15) is 5.26 Å². The Kier molecular flexibility index (Phi) is 2.65. The van der Waals surface area contributed by atoms with Crippen LogP contribution in [0.5, 0.6) is 0 Å². The molecule has 0 radical (unpaired) electrons. The molecule has 0 aliphatic rings. The molecule has 0 aromatic heterocycles. The van der Waals surface area contributed by atoms with Gasteiger partial charge in [0.15, 0.2) is 0 Å². The molecule has 0 amide bonds. The second-order valence-electron chi connectivity index (χ2n) is 3.32. The van der Waals surface area contributed by atoms with E-state index in [-0.39, 0.29) is 11.4 Å². The van der Waals surface area contributed by atoms with Crippen LogP contribution in [0, 0.1) is 23.0 Å². The van der Waals surface area contributed by atoms with Gasteiger partial charge in [-0.25, -0.2) is 8.78 Å². The van der Waals surface area contributed by atoms with Gasteiger partial charge in [-0.15, -0.1) is 0 Å². The molecule has 0 atom stereocenters. The first-order chi connectivity index (χ1) is 7.70. The zero-order valence-electron chi connectivity index (χ0n) is 8.24. The summed E-state index contributed by atoms with van der Waals surface area (Å²) in [5.41, 5.74) is 1.20. The topological polar surface area (TPSA) is 23.8 Å². The number of nitrogens with zero attached hydrogens (tertiary/aromatic N) is 1. The number of nitriles is 1. The van der Waals surface area contributed by atoms with E-state index in [2.05, 4.69) is 0 Å². The molecule has 3 heteroatoms. The summed E-state index contributed by atoms with van der Waals surface area (Å²) in [6.45, 7) is 0. The smallest absolute Gasteiger partial charge is 0.140 e. The predicted octanol–water partition coefficient (Wildman–Crippen LogP) is 3.50. The van der Waals surface area contributed by atoms with Gasteiger partial charge in [0, 0.05) is 0 Å². The molecule has 0 heterocycles. The molecule has 0 fully saturated rings. The van der Waals surface area contributed by atoms with Crippen LogP contribution in [-0.4, -0.2) is 0 Å². The largest absolute Gasteiger partial charge is 0.207 e. The van der Waals surface area contributed by atoms with E-state index in [1.807, 2.05) is 0 Å². The molecule has 78 valence electrons. The first-order valence-corrected chi connectivity index (χ1v) is 4.66. The van der Waals surface area contributed by atoms with Gasteiger partial charge in [0.05, 0.1) is 5.56 Å². The van der Waals surface area contributed by atoms with Crippen molar-refractivity contribution in [1.29, 1.82) is 5.26 Å². The van der Waals surface area contributed by atoms with Crippen LogP contribution in [0.15, 0.2) is 42.5 Å². The van der Waals surface area contributed by atoms with E-state index in [9.17, 15) is 8.78 Å². The Morgan fingerprint density at radius 2 is 1.69 bits per heavy atom. The van der Waals surface area contributed by atoms with E-state index in [0.29, 0.717) is 11.1 Å². The second kappa shape index (κ2) is 4.11. The summed E-state index contributed by atoms with van der Waals surface area (Å²) < 4.78 is 26.0. The number of benzene rings is 2. The van der Waals surface area contributed by atoms with Crippen LogP contribution in [0.25, 0.3) is 11.1 Å². The van der Waals surface area contributed by atoms with E-state index >= 15 is 0 Å². The SMILES string of the molecule is N#Cc1cc(-c2cccc(F)c2)ccc1F. The van der Waals surface area contributed by atoms with Crippen molar-refractivity contribution in [3.63, 3.8) is 0 Å². The van der Waals surface area contributed by atoms with Gasteiger partial charge < -0.3 is 0 Å². The van der Waals surface area contributed by atoms with Crippen molar-refractivity contribution in [1.82, 2.24) is 0 Å². The van der Waals surface area contributed by atoms with E-state index in [4.69, 9.17) is 5.26 Å². The zero-order valence-corrected chi connectivity index (χ0v) is 8.24. The highest BCUT2D eigenvalue weighted by Crippen LogP contribution is 2.22. The highest BCUT2D eigenvalue weighted by molar-refractivity contribution is 5.65. The summed E-state index contributed by atoms with van der Waals surface area (Å²) in [5.74, 6) is -0.928. The second-order valence-corrected chi connectivity index (χ2v) is 3.32. The molecule has 16 heavy (non-hydrogen) atoms. The Bertz CT molecular complexity index is 570. The van der Waals surface area contributed by atoms with E-state index < -0.39 is 5.82 Å². The number of hydrogen-bond donors (Lipinski definition) is 0. The molecule has 2 rings (SSSR count). The molecule has 2 aromatic carbocycles. The third-order valence-electron chi connectivity index (χ3n) is 2.24. The minimum Gasteiger partial charge on any atom is -0.207 e. The van der Waals surface area contributed by atoms with Crippen molar-refractivity contribution in [3.8, 4) is 17.2 Å². The van der Waals surface area contributed by atoms with Crippen LogP contribution in [0.2, 0.25) is 0 Å². The molecule has 0 N–H and O–H groups in total. The highest BCUT2D eigenvalue weighted by Gasteiger charge is 2.04. The maximum absolute atomic E-state index is 13.1. The maximum Gasteiger partial charge on any atom is 0.140 e. The molecule has 0 bridgehead atoms. The maximum atomic E-state index is 13.1. The van der Waals surface area contributed by atoms with Crippen LogP contribution in [0.4, 0.5) is 8.78 Å². The normalized spacial score (nSPS) is 9.81. The fourth-order valence-electron chi connectivity index (χ4n) is 1.46. The highest BCUT2D eigenvalue weighted by atomic mass is 19.1. The Morgan fingerprint density at radius 3 is 2.38 bits per heavy atom. The predicted molar refractivity (Wildman–Crippen MR) is 56.5 cm³/mol. The van der Waals surface area contributed by atoms with Crippen LogP contribution < -0.4 is 0 Å². The molecule has 2 aromatic rings. The van der Waals surface area contributed by atoms with Gasteiger partial charge >= 0.3 is 0 Å². The first-order valence-electron chi connectivity index (χ1n) is 4.66. The molecule has 1 nitrogen and oxygen atoms in total. The molecule has 0 saturated heterocycles. The van der Waals surface area contributed by atoms with Gasteiger partial charge in [0.25, 0.3) is 0 Å². The number of hydrogen-bond acceptors (Lipinski definition) is 1. The lowest BCUT2D eigenvalue weighted by atomic mass is 10.0. The summed E-state index contributed by atoms with van der Waals surface area (Å²) in [5, 5.41) is 8.68. The third kappa shape index (κ3) is 1.91. The lowest BCUT2D eigenvalue weighted by molar-refractivity contribution is 0.624. The summed E-state index contributed by atoms with van der Waals surface area (Å²) in [7, 11) is 0. The van der Waals surface area contributed by atoms with E-state index in [0.717, 1.165) is 0 Å². The Hall–Kier alpha value is -2.21. The fraction of sp³-hybridized carbons (Fsp3) is 0. The molecular formula is C13H7F2N. The van der Waals surface area contributed by atoms with Gasteiger partial charge in [-0.3, -0.25) is 0 Å². The molecule has 0 aliphatic carbocycles. The van der Waals surface area contributed by atoms with Crippen molar-refractivity contribution in [2.45, 2.75) is 0 Å². The average molecular weight is 215 g/mol. The van der Waals surface area contributed by atoms with Crippen molar-refractivity contribution >= 4 is 0 Å². The first kappa shape index (κ1) is 10.3. The molecule has 0 aliphatic heterocycles. The molecular weight excluding hydrogens is 208 g/mol. The zero-order chi connectivity index (χ0) is 11.5. The summed E-state index contributed by atoms with van der Waals surface area (Å²) in [4.78, 5) is 0. The van der Waals surface area contributed by atoms with Crippen molar-refractivity contribution in [2.24, 2.45) is 0 Å². The van der Waals surface area contributed by atoms with Crippen LogP contribution in [0.1, 0.15) is 5.56 Å². The minimum atomic E-state index is -0.567. The summed E-state index contributed by atoms with van der Waals surface area (Å²) in [6.07, 6.45) is 0.